The molecule has 1 aromatic heterocycles. The molecular formula is C16H12IN3O2. The lowest BCUT2D eigenvalue weighted by molar-refractivity contribution is 0.0727. The Balaban J connectivity index is 1.87. The van der Waals surface area contributed by atoms with Crippen molar-refractivity contribution in [1.82, 2.24) is 15.0 Å². The zero-order valence-electron chi connectivity index (χ0n) is 11.7. The monoisotopic (exact) mass is 405 g/mol. The average Bonchev–Trinajstić information content (AvgIpc) is 2.91. The number of carbonyl (C=O) groups is 1. The first-order chi connectivity index (χ1) is 10.6. The van der Waals surface area contributed by atoms with Crippen molar-refractivity contribution < 1.29 is 9.53 Å². The number of aromatic nitrogens is 3. The Hall–Kier alpha value is -2.22. The Morgan fingerprint density at radius 1 is 1.09 bits per heavy atom. The zero-order valence-corrected chi connectivity index (χ0v) is 13.9. The molecule has 0 unspecified atom stereocenters. The van der Waals surface area contributed by atoms with Crippen LogP contribution >= 0.6 is 22.6 Å². The van der Waals surface area contributed by atoms with E-state index in [1.807, 2.05) is 30.3 Å². The Morgan fingerprint density at radius 2 is 1.77 bits per heavy atom. The van der Waals surface area contributed by atoms with E-state index in [1.165, 1.54) is 0 Å². The van der Waals surface area contributed by atoms with Crippen molar-refractivity contribution >= 4 is 28.6 Å². The minimum Gasteiger partial charge on any atom is -0.422 e. The van der Waals surface area contributed by atoms with Crippen LogP contribution in [0.3, 0.4) is 0 Å². The van der Waals surface area contributed by atoms with E-state index in [-0.39, 0.29) is 5.69 Å². The fourth-order valence-electron chi connectivity index (χ4n) is 1.99. The predicted octanol–water partition coefficient (Wildman–Crippen LogP) is 3.40. The van der Waals surface area contributed by atoms with Gasteiger partial charge in [0.2, 0.25) is 0 Å². The number of esters is 1. The Morgan fingerprint density at radius 3 is 2.45 bits per heavy atom. The summed E-state index contributed by atoms with van der Waals surface area (Å²) in [5, 5.41) is 7.99. The lowest BCUT2D eigenvalue weighted by Crippen LogP contribution is -2.11. The van der Waals surface area contributed by atoms with E-state index in [0.29, 0.717) is 11.4 Å². The van der Waals surface area contributed by atoms with E-state index in [4.69, 9.17) is 4.74 Å². The standard InChI is InChI=1S/C16H12IN3O2/c1-11-15(16(21)22-14-5-3-2-4-6-14)18-19-20(11)13-9-7-12(17)8-10-13/h2-10H,1H3. The molecule has 2 aromatic carbocycles. The van der Waals surface area contributed by atoms with Crippen molar-refractivity contribution in [3.8, 4) is 11.4 Å². The second-order valence-electron chi connectivity index (χ2n) is 4.61. The molecule has 110 valence electrons. The summed E-state index contributed by atoms with van der Waals surface area (Å²) in [6.45, 7) is 1.79. The van der Waals surface area contributed by atoms with Crippen molar-refractivity contribution in [2.45, 2.75) is 6.92 Å². The van der Waals surface area contributed by atoms with E-state index < -0.39 is 5.97 Å². The summed E-state index contributed by atoms with van der Waals surface area (Å²) in [6, 6.07) is 16.7. The summed E-state index contributed by atoms with van der Waals surface area (Å²) in [7, 11) is 0. The van der Waals surface area contributed by atoms with Gasteiger partial charge in [-0.3, -0.25) is 0 Å². The van der Waals surface area contributed by atoms with Crippen LogP contribution in [0.4, 0.5) is 0 Å². The maximum Gasteiger partial charge on any atom is 0.366 e. The van der Waals surface area contributed by atoms with E-state index in [9.17, 15) is 4.79 Å². The Bertz CT molecular complexity index is 798. The molecule has 0 N–H and O–H groups in total. The third-order valence-electron chi connectivity index (χ3n) is 3.11. The van der Waals surface area contributed by atoms with Crippen molar-refractivity contribution in [1.29, 1.82) is 0 Å². The van der Waals surface area contributed by atoms with Crippen LogP contribution in [0.2, 0.25) is 0 Å². The summed E-state index contributed by atoms with van der Waals surface area (Å²) < 4.78 is 8.04. The molecule has 0 fully saturated rings. The summed E-state index contributed by atoms with van der Waals surface area (Å²) in [5.41, 5.74) is 1.70. The van der Waals surface area contributed by atoms with Gasteiger partial charge in [-0.15, -0.1) is 5.10 Å². The number of hydrogen-bond acceptors (Lipinski definition) is 4. The van der Waals surface area contributed by atoms with Gasteiger partial charge in [-0.05, 0) is 65.9 Å². The molecule has 1 heterocycles. The topological polar surface area (TPSA) is 57.0 Å². The molecule has 6 heteroatoms. The van der Waals surface area contributed by atoms with Crippen LogP contribution in [0.15, 0.2) is 54.6 Å². The summed E-state index contributed by atoms with van der Waals surface area (Å²) in [6.07, 6.45) is 0. The molecule has 3 rings (SSSR count). The predicted molar refractivity (Wildman–Crippen MR) is 90.2 cm³/mol. The van der Waals surface area contributed by atoms with Crippen molar-refractivity contribution in [2.24, 2.45) is 0 Å². The van der Waals surface area contributed by atoms with Crippen LogP contribution in [0, 0.1) is 10.5 Å². The lowest BCUT2D eigenvalue weighted by Gasteiger charge is -2.04. The molecule has 0 saturated heterocycles. The normalized spacial score (nSPS) is 10.5. The fraction of sp³-hybridized carbons (Fsp3) is 0.0625. The van der Waals surface area contributed by atoms with E-state index in [1.54, 1.807) is 35.9 Å². The molecule has 0 aliphatic rings. The lowest BCUT2D eigenvalue weighted by atomic mass is 10.3. The first kappa shape index (κ1) is 14.7. The largest absolute Gasteiger partial charge is 0.422 e. The van der Waals surface area contributed by atoms with Gasteiger partial charge < -0.3 is 4.74 Å². The van der Waals surface area contributed by atoms with Crippen molar-refractivity contribution in [3.63, 3.8) is 0 Å². The molecule has 0 aliphatic heterocycles. The van der Waals surface area contributed by atoms with Gasteiger partial charge in [-0.2, -0.15) is 0 Å². The highest BCUT2D eigenvalue weighted by molar-refractivity contribution is 14.1. The number of carbonyl (C=O) groups excluding carboxylic acids is 1. The fourth-order valence-corrected chi connectivity index (χ4v) is 2.35. The highest BCUT2D eigenvalue weighted by Gasteiger charge is 2.19. The molecular weight excluding hydrogens is 393 g/mol. The van der Waals surface area contributed by atoms with Crippen LogP contribution in [-0.4, -0.2) is 21.0 Å². The molecule has 0 bridgehead atoms. The number of para-hydroxylation sites is 1. The van der Waals surface area contributed by atoms with Gasteiger partial charge in [0.05, 0.1) is 11.4 Å². The number of ether oxygens (including phenoxy) is 1. The Kier molecular flexibility index (Phi) is 4.19. The molecule has 22 heavy (non-hydrogen) atoms. The minimum absolute atomic E-state index is 0.211. The summed E-state index contributed by atoms with van der Waals surface area (Å²) in [5.74, 6) is -0.0313. The SMILES string of the molecule is Cc1c(C(=O)Oc2ccccc2)nnn1-c1ccc(I)cc1. The van der Waals surface area contributed by atoms with E-state index in [2.05, 4.69) is 32.9 Å². The second kappa shape index (κ2) is 6.27. The molecule has 5 nitrogen and oxygen atoms in total. The average molecular weight is 405 g/mol. The number of hydrogen-bond donors (Lipinski definition) is 0. The first-order valence-electron chi connectivity index (χ1n) is 6.60. The molecule has 0 atom stereocenters. The van der Waals surface area contributed by atoms with Gasteiger partial charge >= 0.3 is 5.97 Å². The van der Waals surface area contributed by atoms with E-state index >= 15 is 0 Å². The van der Waals surface area contributed by atoms with Gasteiger partial charge in [-0.25, -0.2) is 9.48 Å². The maximum atomic E-state index is 12.2. The second-order valence-corrected chi connectivity index (χ2v) is 5.86. The molecule has 0 aliphatic carbocycles. The van der Waals surface area contributed by atoms with E-state index in [0.717, 1.165) is 9.26 Å². The van der Waals surface area contributed by atoms with Crippen LogP contribution in [0.1, 0.15) is 16.2 Å². The molecule has 0 amide bonds. The van der Waals surface area contributed by atoms with Crippen LogP contribution in [-0.2, 0) is 0 Å². The summed E-state index contributed by atoms with van der Waals surface area (Å²) >= 11 is 2.23. The molecule has 0 spiro atoms. The smallest absolute Gasteiger partial charge is 0.366 e. The number of nitrogens with zero attached hydrogens (tertiary/aromatic N) is 3. The van der Waals surface area contributed by atoms with Gasteiger partial charge in [0.1, 0.15) is 5.75 Å². The quantitative estimate of drug-likeness (QED) is 0.381. The minimum atomic E-state index is -0.513. The first-order valence-corrected chi connectivity index (χ1v) is 7.68. The highest BCUT2D eigenvalue weighted by atomic mass is 127. The zero-order chi connectivity index (χ0) is 15.5. The van der Waals surface area contributed by atoms with Gasteiger partial charge in [0, 0.05) is 3.57 Å². The molecule has 0 saturated carbocycles. The third kappa shape index (κ3) is 3.01. The van der Waals surface area contributed by atoms with Crippen LogP contribution in [0.25, 0.3) is 5.69 Å². The Labute approximate surface area is 141 Å². The van der Waals surface area contributed by atoms with Gasteiger partial charge in [-0.1, -0.05) is 23.4 Å². The molecule has 3 aromatic rings. The number of rotatable bonds is 3. The van der Waals surface area contributed by atoms with Gasteiger partial charge in [0.25, 0.3) is 0 Å². The number of halogens is 1. The van der Waals surface area contributed by atoms with Crippen LogP contribution < -0.4 is 4.74 Å². The van der Waals surface area contributed by atoms with Gasteiger partial charge in [0.15, 0.2) is 5.69 Å². The third-order valence-corrected chi connectivity index (χ3v) is 3.83. The summed E-state index contributed by atoms with van der Waals surface area (Å²) in [4.78, 5) is 12.2. The van der Waals surface area contributed by atoms with Crippen molar-refractivity contribution in [2.75, 3.05) is 0 Å². The van der Waals surface area contributed by atoms with Crippen molar-refractivity contribution in [3.05, 3.63) is 69.6 Å². The maximum absolute atomic E-state index is 12.2. The van der Waals surface area contributed by atoms with Crippen LogP contribution in [0.5, 0.6) is 5.75 Å². The molecule has 0 radical (unpaired) electrons. The highest BCUT2D eigenvalue weighted by Crippen LogP contribution is 2.16. The number of benzene rings is 2.